The Morgan fingerprint density at radius 3 is 2.93 bits per heavy atom. The summed E-state index contributed by atoms with van der Waals surface area (Å²) in [6, 6.07) is 1.40. The van der Waals surface area contributed by atoms with Gasteiger partial charge < -0.3 is 14.9 Å². The first kappa shape index (κ1) is 11.5. The summed E-state index contributed by atoms with van der Waals surface area (Å²) in [4.78, 5) is 14.3. The van der Waals surface area contributed by atoms with Crippen molar-refractivity contribution in [2.75, 3.05) is 6.61 Å². The summed E-state index contributed by atoms with van der Waals surface area (Å²) in [6.45, 7) is 2.00. The SMILES string of the molecule is CC(O)CCOc1cncc(C(=O)O)c1. The molecule has 2 N–H and O–H groups in total. The van der Waals surface area contributed by atoms with Crippen LogP contribution in [0.4, 0.5) is 0 Å². The smallest absolute Gasteiger partial charge is 0.337 e. The van der Waals surface area contributed by atoms with Crippen LogP contribution in [0.15, 0.2) is 18.5 Å². The first-order chi connectivity index (χ1) is 7.09. The molecule has 0 saturated carbocycles. The van der Waals surface area contributed by atoms with E-state index < -0.39 is 12.1 Å². The van der Waals surface area contributed by atoms with Gasteiger partial charge in [-0.2, -0.15) is 0 Å². The molecule has 0 aliphatic rings. The number of hydrogen-bond donors (Lipinski definition) is 2. The number of ether oxygens (including phenoxy) is 1. The highest BCUT2D eigenvalue weighted by Crippen LogP contribution is 2.11. The second kappa shape index (κ2) is 5.31. The number of aliphatic hydroxyl groups is 1. The van der Waals surface area contributed by atoms with Gasteiger partial charge in [-0.1, -0.05) is 0 Å². The van der Waals surface area contributed by atoms with Gasteiger partial charge in [0.1, 0.15) is 5.75 Å². The molecule has 0 spiro atoms. The van der Waals surface area contributed by atoms with Gasteiger partial charge in [-0.25, -0.2) is 4.79 Å². The molecule has 1 aromatic rings. The molecule has 0 fully saturated rings. The lowest BCUT2D eigenvalue weighted by atomic mass is 10.3. The topological polar surface area (TPSA) is 79.7 Å². The van der Waals surface area contributed by atoms with E-state index in [-0.39, 0.29) is 5.56 Å². The second-order valence-electron chi connectivity index (χ2n) is 3.20. The number of rotatable bonds is 5. The Morgan fingerprint density at radius 1 is 1.60 bits per heavy atom. The van der Waals surface area contributed by atoms with E-state index in [2.05, 4.69) is 4.98 Å². The first-order valence-corrected chi connectivity index (χ1v) is 4.59. The number of hydrogen-bond acceptors (Lipinski definition) is 4. The summed E-state index contributed by atoms with van der Waals surface area (Å²) in [5.74, 6) is -0.640. The van der Waals surface area contributed by atoms with Crippen molar-refractivity contribution in [3.8, 4) is 5.75 Å². The van der Waals surface area contributed by atoms with Gasteiger partial charge in [-0.05, 0) is 13.0 Å². The molecule has 0 aromatic carbocycles. The number of aromatic nitrogens is 1. The third-order valence-corrected chi connectivity index (χ3v) is 1.76. The Balaban J connectivity index is 2.54. The number of nitrogens with zero attached hydrogens (tertiary/aromatic N) is 1. The van der Waals surface area contributed by atoms with Gasteiger partial charge in [0.25, 0.3) is 0 Å². The zero-order valence-electron chi connectivity index (χ0n) is 8.38. The number of pyridine rings is 1. The van der Waals surface area contributed by atoms with Crippen LogP contribution in [0.1, 0.15) is 23.7 Å². The molecule has 82 valence electrons. The normalized spacial score (nSPS) is 12.1. The Hall–Kier alpha value is -1.62. The van der Waals surface area contributed by atoms with Crippen LogP contribution in [-0.4, -0.2) is 33.9 Å². The van der Waals surface area contributed by atoms with E-state index in [1.807, 2.05) is 0 Å². The van der Waals surface area contributed by atoms with Gasteiger partial charge >= 0.3 is 5.97 Å². The van der Waals surface area contributed by atoms with Gasteiger partial charge in [-0.15, -0.1) is 0 Å². The molecule has 1 aromatic heterocycles. The standard InChI is InChI=1S/C10H13NO4/c1-7(12)2-3-15-9-4-8(10(13)14)5-11-6-9/h4-7,12H,2-3H2,1H3,(H,13,14). The van der Waals surface area contributed by atoms with Crippen molar-refractivity contribution in [1.29, 1.82) is 0 Å². The quantitative estimate of drug-likeness (QED) is 0.757. The molecule has 0 saturated heterocycles. The van der Waals surface area contributed by atoms with E-state index in [1.165, 1.54) is 18.5 Å². The third kappa shape index (κ3) is 3.95. The van der Waals surface area contributed by atoms with Crippen LogP contribution in [0.25, 0.3) is 0 Å². The van der Waals surface area contributed by atoms with Crippen molar-refractivity contribution >= 4 is 5.97 Å². The summed E-state index contributed by atoms with van der Waals surface area (Å²) in [7, 11) is 0. The number of carboxylic acids is 1. The molecule has 0 radical (unpaired) electrons. The highest BCUT2D eigenvalue weighted by molar-refractivity contribution is 5.87. The molecular weight excluding hydrogens is 198 g/mol. The minimum absolute atomic E-state index is 0.0875. The summed E-state index contributed by atoms with van der Waals surface area (Å²) < 4.78 is 5.22. The minimum Gasteiger partial charge on any atom is -0.492 e. The molecule has 1 heterocycles. The van der Waals surface area contributed by atoms with Crippen molar-refractivity contribution in [3.05, 3.63) is 24.0 Å². The fraction of sp³-hybridized carbons (Fsp3) is 0.400. The fourth-order valence-corrected chi connectivity index (χ4v) is 0.962. The lowest BCUT2D eigenvalue weighted by Gasteiger charge is -2.07. The molecule has 1 atom stereocenters. The van der Waals surface area contributed by atoms with Gasteiger partial charge in [0.05, 0.1) is 24.5 Å². The fourth-order valence-electron chi connectivity index (χ4n) is 0.962. The van der Waals surface area contributed by atoms with Crippen LogP contribution in [0.5, 0.6) is 5.75 Å². The largest absolute Gasteiger partial charge is 0.492 e. The number of aliphatic hydroxyl groups excluding tert-OH is 1. The molecule has 5 nitrogen and oxygen atoms in total. The van der Waals surface area contributed by atoms with E-state index in [9.17, 15) is 4.79 Å². The monoisotopic (exact) mass is 211 g/mol. The van der Waals surface area contributed by atoms with Crippen molar-refractivity contribution in [2.24, 2.45) is 0 Å². The predicted molar refractivity (Wildman–Crippen MR) is 53.0 cm³/mol. The zero-order chi connectivity index (χ0) is 11.3. The van der Waals surface area contributed by atoms with Crippen molar-refractivity contribution in [3.63, 3.8) is 0 Å². The Labute approximate surface area is 87.3 Å². The second-order valence-corrected chi connectivity index (χ2v) is 3.20. The van der Waals surface area contributed by atoms with Crippen LogP contribution in [0.3, 0.4) is 0 Å². The zero-order valence-corrected chi connectivity index (χ0v) is 8.38. The molecule has 0 aliphatic carbocycles. The summed E-state index contributed by atoms with van der Waals surface area (Å²) in [5.41, 5.74) is 0.0875. The molecular formula is C10H13NO4. The van der Waals surface area contributed by atoms with Gasteiger partial charge in [0.2, 0.25) is 0 Å². The number of carbonyl (C=O) groups is 1. The van der Waals surface area contributed by atoms with Crippen molar-refractivity contribution in [2.45, 2.75) is 19.4 Å². The summed E-state index contributed by atoms with van der Waals surface area (Å²) in [5, 5.41) is 17.7. The lowest BCUT2D eigenvalue weighted by molar-refractivity contribution is 0.0695. The first-order valence-electron chi connectivity index (χ1n) is 4.59. The summed E-state index contributed by atoms with van der Waals surface area (Å²) >= 11 is 0. The van der Waals surface area contributed by atoms with E-state index >= 15 is 0 Å². The van der Waals surface area contributed by atoms with Gasteiger partial charge in [0.15, 0.2) is 0 Å². The molecule has 1 unspecified atom stereocenters. The maximum atomic E-state index is 10.6. The van der Waals surface area contributed by atoms with Crippen molar-refractivity contribution < 1.29 is 19.7 Å². The average Bonchev–Trinajstić information content (AvgIpc) is 2.17. The molecule has 1 rings (SSSR count). The number of aromatic carboxylic acids is 1. The molecule has 15 heavy (non-hydrogen) atoms. The van der Waals surface area contributed by atoms with Gasteiger partial charge in [0, 0.05) is 12.6 Å². The van der Waals surface area contributed by atoms with E-state index in [0.717, 1.165) is 0 Å². The summed E-state index contributed by atoms with van der Waals surface area (Å²) in [6.07, 6.45) is 2.76. The van der Waals surface area contributed by atoms with E-state index in [1.54, 1.807) is 6.92 Å². The molecule has 0 aliphatic heterocycles. The van der Waals surface area contributed by atoms with Crippen LogP contribution >= 0.6 is 0 Å². The average molecular weight is 211 g/mol. The Kier molecular flexibility index (Phi) is 4.05. The lowest BCUT2D eigenvalue weighted by Crippen LogP contribution is -2.08. The number of carboxylic acid groups (broad SMARTS) is 1. The minimum atomic E-state index is -1.04. The maximum absolute atomic E-state index is 10.6. The van der Waals surface area contributed by atoms with E-state index in [4.69, 9.17) is 14.9 Å². The highest BCUT2D eigenvalue weighted by Gasteiger charge is 2.05. The third-order valence-electron chi connectivity index (χ3n) is 1.76. The maximum Gasteiger partial charge on any atom is 0.337 e. The predicted octanol–water partition coefficient (Wildman–Crippen LogP) is 0.929. The molecule has 5 heteroatoms. The Morgan fingerprint density at radius 2 is 2.33 bits per heavy atom. The molecule has 0 bridgehead atoms. The Bertz CT molecular complexity index is 338. The molecule has 0 amide bonds. The van der Waals surface area contributed by atoms with Crippen molar-refractivity contribution in [1.82, 2.24) is 4.98 Å². The van der Waals surface area contributed by atoms with E-state index in [0.29, 0.717) is 18.8 Å². The van der Waals surface area contributed by atoms with Crippen LogP contribution in [0.2, 0.25) is 0 Å². The van der Waals surface area contributed by atoms with Gasteiger partial charge in [-0.3, -0.25) is 4.98 Å². The highest BCUT2D eigenvalue weighted by atomic mass is 16.5. The van der Waals surface area contributed by atoms with Crippen LogP contribution in [0, 0.1) is 0 Å². The van der Waals surface area contributed by atoms with Crippen LogP contribution < -0.4 is 4.74 Å². The van der Waals surface area contributed by atoms with Crippen LogP contribution in [-0.2, 0) is 0 Å².